The number of amides is 1. The number of nitrogen functional groups attached to an aromatic ring is 1. The molecule has 0 heterocycles. The topological polar surface area (TPSA) is 61.6 Å². The fourth-order valence-electron chi connectivity index (χ4n) is 2.20. The summed E-state index contributed by atoms with van der Waals surface area (Å²) in [4.78, 5) is 16.8. The third-order valence-corrected chi connectivity index (χ3v) is 3.31. The van der Waals surface area contributed by atoms with Gasteiger partial charge in [-0.1, -0.05) is 13.8 Å². The summed E-state index contributed by atoms with van der Waals surface area (Å²) in [5.41, 5.74) is 5.10. The van der Waals surface area contributed by atoms with Crippen LogP contribution in [-0.2, 0) is 0 Å². The van der Waals surface area contributed by atoms with Crippen LogP contribution in [0.25, 0.3) is 0 Å². The molecule has 0 saturated carbocycles. The normalized spacial score (nSPS) is 11.0. The van der Waals surface area contributed by atoms with Crippen molar-refractivity contribution < 1.29 is 4.79 Å². The molecule has 0 unspecified atom stereocenters. The number of anilines is 1. The number of hydrogen-bond acceptors (Lipinski definition) is 4. The van der Waals surface area contributed by atoms with Gasteiger partial charge in [0.25, 0.3) is 5.91 Å². The average molecular weight is 292 g/mol. The Bertz CT molecular complexity index is 471. The molecule has 118 valence electrons. The maximum atomic E-state index is 12.8. The van der Waals surface area contributed by atoms with Gasteiger partial charge in [-0.3, -0.25) is 10.6 Å². The van der Waals surface area contributed by atoms with Gasteiger partial charge in [-0.05, 0) is 50.7 Å². The lowest BCUT2D eigenvalue weighted by atomic mass is 10.1. The van der Waals surface area contributed by atoms with Crippen molar-refractivity contribution in [3.63, 3.8) is 0 Å². The SMILES string of the molecule is Cc1cc(NN)ccc1C(=O)N(CCN(C)C)CC(C)C. The van der Waals surface area contributed by atoms with E-state index in [1.807, 2.05) is 44.1 Å². The van der Waals surface area contributed by atoms with Crippen molar-refractivity contribution in [1.29, 1.82) is 0 Å². The number of hydrogen-bond donors (Lipinski definition) is 2. The van der Waals surface area contributed by atoms with Crippen molar-refractivity contribution in [2.24, 2.45) is 11.8 Å². The number of benzene rings is 1. The minimum atomic E-state index is 0.0895. The van der Waals surface area contributed by atoms with Crippen LogP contribution in [0.4, 0.5) is 5.69 Å². The Hall–Kier alpha value is -1.59. The number of nitrogens with two attached hydrogens (primary N) is 1. The molecule has 0 aliphatic rings. The van der Waals surface area contributed by atoms with Gasteiger partial charge in [-0.25, -0.2) is 0 Å². The summed E-state index contributed by atoms with van der Waals surface area (Å²) in [6.07, 6.45) is 0. The van der Waals surface area contributed by atoms with Crippen LogP contribution in [0.5, 0.6) is 0 Å². The number of likely N-dealkylation sites (N-methyl/N-ethyl adjacent to an activating group) is 1. The zero-order chi connectivity index (χ0) is 16.0. The molecule has 0 fully saturated rings. The van der Waals surface area contributed by atoms with Crippen LogP contribution in [0, 0.1) is 12.8 Å². The number of carbonyl (C=O) groups is 1. The maximum Gasteiger partial charge on any atom is 0.254 e. The van der Waals surface area contributed by atoms with E-state index in [9.17, 15) is 4.79 Å². The first-order valence-electron chi connectivity index (χ1n) is 7.36. The second kappa shape index (κ2) is 8.00. The van der Waals surface area contributed by atoms with E-state index in [-0.39, 0.29) is 5.91 Å². The highest BCUT2D eigenvalue weighted by Crippen LogP contribution is 2.17. The second-order valence-electron chi connectivity index (χ2n) is 6.12. The van der Waals surface area contributed by atoms with Crippen LogP contribution >= 0.6 is 0 Å². The summed E-state index contributed by atoms with van der Waals surface area (Å²) in [5.74, 6) is 5.94. The molecule has 1 amide bonds. The average Bonchev–Trinajstić information content (AvgIpc) is 2.42. The molecule has 5 heteroatoms. The Labute approximate surface area is 128 Å². The molecule has 1 aromatic carbocycles. The highest BCUT2D eigenvalue weighted by molar-refractivity contribution is 5.96. The zero-order valence-electron chi connectivity index (χ0n) is 13.8. The summed E-state index contributed by atoms with van der Waals surface area (Å²) < 4.78 is 0. The van der Waals surface area contributed by atoms with Gasteiger partial charge in [-0.2, -0.15) is 0 Å². The van der Waals surface area contributed by atoms with Gasteiger partial charge in [0.15, 0.2) is 0 Å². The van der Waals surface area contributed by atoms with Gasteiger partial charge in [-0.15, -0.1) is 0 Å². The van der Waals surface area contributed by atoms with Crippen molar-refractivity contribution in [2.45, 2.75) is 20.8 Å². The third-order valence-electron chi connectivity index (χ3n) is 3.31. The van der Waals surface area contributed by atoms with E-state index in [0.717, 1.165) is 36.4 Å². The molecule has 5 nitrogen and oxygen atoms in total. The number of nitrogens with zero attached hydrogens (tertiary/aromatic N) is 2. The van der Waals surface area contributed by atoms with Crippen molar-refractivity contribution in [1.82, 2.24) is 9.80 Å². The van der Waals surface area contributed by atoms with Crippen LogP contribution in [0.15, 0.2) is 18.2 Å². The number of carbonyl (C=O) groups excluding carboxylic acids is 1. The minimum absolute atomic E-state index is 0.0895. The van der Waals surface area contributed by atoms with E-state index in [1.54, 1.807) is 0 Å². The van der Waals surface area contributed by atoms with Gasteiger partial charge in [0.1, 0.15) is 0 Å². The van der Waals surface area contributed by atoms with E-state index in [4.69, 9.17) is 5.84 Å². The quantitative estimate of drug-likeness (QED) is 0.595. The molecule has 0 aliphatic heterocycles. The molecular formula is C16H28N4O. The van der Waals surface area contributed by atoms with Crippen molar-refractivity contribution >= 4 is 11.6 Å². The third kappa shape index (κ3) is 5.36. The smallest absolute Gasteiger partial charge is 0.254 e. The van der Waals surface area contributed by atoms with Crippen LogP contribution < -0.4 is 11.3 Å². The number of hydrazine groups is 1. The molecule has 1 rings (SSSR count). The van der Waals surface area contributed by atoms with E-state index in [0.29, 0.717) is 5.92 Å². The molecule has 0 aromatic heterocycles. The Balaban J connectivity index is 2.93. The molecule has 3 N–H and O–H groups in total. The van der Waals surface area contributed by atoms with Gasteiger partial charge >= 0.3 is 0 Å². The molecule has 0 spiro atoms. The minimum Gasteiger partial charge on any atom is -0.337 e. The van der Waals surface area contributed by atoms with E-state index in [2.05, 4.69) is 24.2 Å². The largest absolute Gasteiger partial charge is 0.337 e. The first-order valence-corrected chi connectivity index (χ1v) is 7.36. The second-order valence-corrected chi connectivity index (χ2v) is 6.12. The Morgan fingerprint density at radius 3 is 2.43 bits per heavy atom. The van der Waals surface area contributed by atoms with E-state index < -0.39 is 0 Å². The van der Waals surface area contributed by atoms with Gasteiger partial charge in [0, 0.05) is 30.9 Å². The highest BCUT2D eigenvalue weighted by atomic mass is 16.2. The maximum absolute atomic E-state index is 12.8. The van der Waals surface area contributed by atoms with E-state index >= 15 is 0 Å². The molecule has 0 atom stereocenters. The molecule has 0 radical (unpaired) electrons. The summed E-state index contributed by atoms with van der Waals surface area (Å²) in [5, 5.41) is 0. The van der Waals surface area contributed by atoms with Gasteiger partial charge in [0.2, 0.25) is 0 Å². The van der Waals surface area contributed by atoms with Crippen molar-refractivity contribution in [3.05, 3.63) is 29.3 Å². The Kier molecular flexibility index (Phi) is 6.65. The lowest BCUT2D eigenvalue weighted by Crippen LogP contribution is -2.39. The monoisotopic (exact) mass is 292 g/mol. The molecular weight excluding hydrogens is 264 g/mol. The molecule has 0 aliphatic carbocycles. The molecule has 1 aromatic rings. The zero-order valence-corrected chi connectivity index (χ0v) is 13.8. The predicted molar refractivity (Wildman–Crippen MR) is 88.3 cm³/mol. The first kappa shape index (κ1) is 17.5. The van der Waals surface area contributed by atoms with Crippen molar-refractivity contribution in [3.8, 4) is 0 Å². The summed E-state index contributed by atoms with van der Waals surface area (Å²) >= 11 is 0. The van der Waals surface area contributed by atoms with Crippen LogP contribution in [-0.4, -0.2) is 49.4 Å². The van der Waals surface area contributed by atoms with Crippen molar-refractivity contribution in [2.75, 3.05) is 39.2 Å². The van der Waals surface area contributed by atoms with Crippen LogP contribution in [0.2, 0.25) is 0 Å². The Morgan fingerprint density at radius 2 is 1.95 bits per heavy atom. The van der Waals surface area contributed by atoms with Gasteiger partial charge < -0.3 is 15.2 Å². The fraction of sp³-hybridized carbons (Fsp3) is 0.562. The fourth-order valence-corrected chi connectivity index (χ4v) is 2.20. The molecule has 0 saturated heterocycles. The summed E-state index contributed by atoms with van der Waals surface area (Å²) in [6.45, 7) is 8.56. The molecule has 21 heavy (non-hydrogen) atoms. The van der Waals surface area contributed by atoms with Crippen LogP contribution in [0.1, 0.15) is 29.8 Å². The number of nitrogens with one attached hydrogen (secondary N) is 1. The Morgan fingerprint density at radius 1 is 1.29 bits per heavy atom. The lowest BCUT2D eigenvalue weighted by Gasteiger charge is -2.27. The summed E-state index contributed by atoms with van der Waals surface area (Å²) in [6, 6.07) is 5.57. The summed E-state index contributed by atoms with van der Waals surface area (Å²) in [7, 11) is 4.04. The van der Waals surface area contributed by atoms with Crippen LogP contribution in [0.3, 0.4) is 0 Å². The predicted octanol–water partition coefficient (Wildman–Crippen LogP) is 1.94. The van der Waals surface area contributed by atoms with Gasteiger partial charge in [0.05, 0.1) is 0 Å². The molecule has 0 bridgehead atoms. The first-order chi connectivity index (χ1) is 9.85. The highest BCUT2D eigenvalue weighted by Gasteiger charge is 2.18. The van der Waals surface area contributed by atoms with E-state index in [1.165, 1.54) is 0 Å². The lowest BCUT2D eigenvalue weighted by molar-refractivity contribution is 0.0724. The number of aryl methyl sites for hydroxylation is 1. The number of rotatable bonds is 7. The standard InChI is InChI=1S/C16H28N4O/c1-12(2)11-20(9-8-19(4)5)16(21)15-7-6-14(18-17)10-13(15)3/h6-7,10,12,18H,8-9,11,17H2,1-5H3.